The third kappa shape index (κ3) is 7.74. The van der Waals surface area contributed by atoms with Gasteiger partial charge in [0.05, 0.1) is 23.6 Å². The van der Waals surface area contributed by atoms with Crippen LogP contribution in [0.2, 0.25) is 0 Å². The number of carbonyl (C=O) groups is 1. The molecule has 3 saturated carbocycles. The smallest absolute Gasteiger partial charge is 0.251 e. The highest BCUT2D eigenvalue weighted by Gasteiger charge is 2.40. The van der Waals surface area contributed by atoms with Gasteiger partial charge in [0.15, 0.2) is 0 Å². The summed E-state index contributed by atoms with van der Waals surface area (Å²) in [5.74, 6) is 0.647. The lowest BCUT2D eigenvalue weighted by Gasteiger charge is -2.47. The van der Waals surface area contributed by atoms with E-state index in [4.69, 9.17) is 0 Å². The number of benzene rings is 2. The first-order chi connectivity index (χ1) is 19.3. The largest absolute Gasteiger partial charge is 0.390 e. The first-order valence-corrected chi connectivity index (χ1v) is 16.6. The van der Waals surface area contributed by atoms with Gasteiger partial charge in [0.25, 0.3) is 5.91 Å². The lowest BCUT2D eigenvalue weighted by atomic mass is 9.66. The second-order valence-corrected chi connectivity index (χ2v) is 13.9. The van der Waals surface area contributed by atoms with Gasteiger partial charge in [0.1, 0.15) is 0 Å². The molecule has 2 aromatic rings. The summed E-state index contributed by atoms with van der Waals surface area (Å²) in [6, 6.07) is 14.6. The van der Waals surface area contributed by atoms with Gasteiger partial charge in [0, 0.05) is 36.4 Å². The van der Waals surface area contributed by atoms with Crippen LogP contribution < -0.4 is 20.3 Å². The molecule has 3 aliphatic carbocycles. The molecule has 1 aliphatic heterocycles. The van der Waals surface area contributed by atoms with Crippen LogP contribution in [0.5, 0.6) is 0 Å². The summed E-state index contributed by atoms with van der Waals surface area (Å²) < 4.78 is 27.1. The average Bonchev–Trinajstić information content (AvgIpc) is 2.97. The highest BCUT2D eigenvalue weighted by atomic mass is 35.5. The van der Waals surface area contributed by atoms with Crippen LogP contribution >= 0.6 is 12.4 Å². The van der Waals surface area contributed by atoms with Gasteiger partial charge in [-0.1, -0.05) is 30.3 Å². The molecule has 226 valence electrons. The van der Waals surface area contributed by atoms with E-state index in [0.29, 0.717) is 49.4 Å². The van der Waals surface area contributed by atoms with Crippen LogP contribution in [0.15, 0.2) is 48.5 Å². The van der Waals surface area contributed by atoms with Crippen LogP contribution in [0.3, 0.4) is 0 Å². The van der Waals surface area contributed by atoms with E-state index >= 15 is 0 Å². The molecular formula is C31H45ClN4O4S. The first kappa shape index (κ1) is 31.6. The van der Waals surface area contributed by atoms with Gasteiger partial charge < -0.3 is 21.1 Å². The van der Waals surface area contributed by atoms with E-state index in [1.807, 2.05) is 37.3 Å². The van der Waals surface area contributed by atoms with Crippen molar-refractivity contribution < 1.29 is 18.3 Å². The lowest BCUT2D eigenvalue weighted by molar-refractivity contribution is 0.0645. The number of amides is 1. The summed E-state index contributed by atoms with van der Waals surface area (Å²) >= 11 is 0. The van der Waals surface area contributed by atoms with Gasteiger partial charge in [-0.05, 0) is 94.4 Å². The summed E-state index contributed by atoms with van der Waals surface area (Å²) in [4.78, 5) is 13.7. The first-order valence-electron chi connectivity index (χ1n) is 14.9. The van der Waals surface area contributed by atoms with Crippen LogP contribution in [0.1, 0.15) is 74.2 Å². The third-order valence-corrected chi connectivity index (χ3v) is 10.9. The van der Waals surface area contributed by atoms with Crippen molar-refractivity contribution in [3.63, 3.8) is 0 Å². The molecule has 0 unspecified atom stereocenters. The van der Waals surface area contributed by atoms with Crippen molar-refractivity contribution in [2.45, 2.75) is 82.4 Å². The number of fused-ring (bicyclic) bond motifs is 3. The van der Waals surface area contributed by atoms with Gasteiger partial charge in [0.2, 0.25) is 10.0 Å². The van der Waals surface area contributed by atoms with E-state index < -0.39 is 22.2 Å². The highest BCUT2D eigenvalue weighted by molar-refractivity contribution is 7.92. The van der Waals surface area contributed by atoms with E-state index in [1.165, 1.54) is 23.6 Å². The average molecular weight is 605 g/mol. The van der Waals surface area contributed by atoms with Crippen LogP contribution in [0.25, 0.3) is 0 Å². The zero-order valence-corrected chi connectivity index (χ0v) is 25.6. The van der Waals surface area contributed by atoms with Crippen LogP contribution in [0, 0.1) is 5.92 Å². The number of rotatable bonds is 11. The Hall–Kier alpha value is -2.33. The summed E-state index contributed by atoms with van der Waals surface area (Å²) in [6.07, 6.45) is 8.36. The minimum Gasteiger partial charge on any atom is -0.390 e. The molecule has 4 N–H and O–H groups in total. The zero-order chi connectivity index (χ0) is 28.2. The van der Waals surface area contributed by atoms with E-state index in [-0.39, 0.29) is 29.6 Å². The summed E-state index contributed by atoms with van der Waals surface area (Å²) in [7, 11) is -3.43. The summed E-state index contributed by atoms with van der Waals surface area (Å²) in [6.45, 7) is 3.42. The molecule has 2 bridgehead atoms. The van der Waals surface area contributed by atoms with Crippen LogP contribution in [-0.4, -0.2) is 62.5 Å². The molecule has 41 heavy (non-hydrogen) atoms. The maximum absolute atomic E-state index is 13.7. The molecule has 0 spiro atoms. The molecule has 10 heteroatoms. The summed E-state index contributed by atoms with van der Waals surface area (Å²) in [5.41, 5.74) is 2.70. The number of hydrogen-bond donors (Lipinski definition) is 4. The Balaban J connectivity index is 0.00000387. The molecule has 1 amide bonds. The maximum Gasteiger partial charge on any atom is 0.251 e. The van der Waals surface area contributed by atoms with E-state index in [9.17, 15) is 18.3 Å². The van der Waals surface area contributed by atoms with Crippen molar-refractivity contribution in [3.05, 3.63) is 59.7 Å². The number of aliphatic hydroxyl groups excluding tert-OH is 1. The molecule has 4 fully saturated rings. The number of halogens is 1. The second-order valence-electron chi connectivity index (χ2n) is 11.9. The number of sulfonamides is 1. The van der Waals surface area contributed by atoms with E-state index in [0.717, 1.165) is 37.2 Å². The standard InChI is InChI=1S/C31H44N4O4S.ClH/c1-2-32-26-19-25(20-27(21-26)35-16-6-7-17-40(35,38)39)30(37)34-28(18-24-8-4-3-5-9-24)29(36)22-33-31-13-10-23(11-14-31)12-15-31;/h3-5,8-9,19-21,23,28-29,32-33,36H,2,6-7,10-18,22H2,1H3,(H,34,37);1H/t23?,28-,29+,31?;/m0./s1. The molecule has 8 nitrogen and oxygen atoms in total. The molecule has 2 atom stereocenters. The number of hydrogen-bond acceptors (Lipinski definition) is 6. The number of β-amino-alcohol motifs (C(OH)–C–C–N with tert-alkyl or cyclic N) is 1. The Labute approximate surface area is 251 Å². The van der Waals surface area contributed by atoms with Crippen molar-refractivity contribution >= 4 is 39.7 Å². The van der Waals surface area contributed by atoms with Crippen LogP contribution in [-0.2, 0) is 16.4 Å². The quantitative estimate of drug-likeness (QED) is 0.301. The maximum atomic E-state index is 13.7. The number of aliphatic hydroxyl groups is 1. The molecule has 0 aromatic heterocycles. The molecule has 6 rings (SSSR count). The SMILES string of the molecule is CCNc1cc(C(=O)N[C@@H](Cc2ccccc2)[C@H](O)CNC23CCC(CC2)CC3)cc(N2CCCCS2(=O)=O)c1.Cl. The molecule has 2 aromatic carbocycles. The van der Waals surface area contributed by atoms with E-state index in [2.05, 4.69) is 16.0 Å². The van der Waals surface area contributed by atoms with Crippen molar-refractivity contribution in [1.29, 1.82) is 0 Å². The normalized spacial score (nSPS) is 24.6. The summed E-state index contributed by atoms with van der Waals surface area (Å²) in [5, 5.41) is 21.5. The number of carbonyl (C=O) groups excluding carboxylic acids is 1. The fourth-order valence-electron chi connectivity index (χ4n) is 6.65. The minimum absolute atomic E-state index is 0. The predicted molar refractivity (Wildman–Crippen MR) is 168 cm³/mol. The van der Waals surface area contributed by atoms with Gasteiger partial charge in [-0.15, -0.1) is 12.4 Å². The van der Waals surface area contributed by atoms with Gasteiger partial charge in [-0.25, -0.2) is 8.42 Å². The van der Waals surface area contributed by atoms with Crippen molar-refractivity contribution in [3.8, 4) is 0 Å². The minimum atomic E-state index is -3.43. The third-order valence-electron chi connectivity index (χ3n) is 9.06. The Morgan fingerprint density at radius 3 is 2.44 bits per heavy atom. The number of nitrogens with zero attached hydrogens (tertiary/aromatic N) is 1. The Morgan fingerprint density at radius 1 is 1.07 bits per heavy atom. The second kappa shape index (κ2) is 13.8. The van der Waals surface area contributed by atoms with E-state index in [1.54, 1.807) is 18.2 Å². The number of nitrogens with one attached hydrogen (secondary N) is 3. The van der Waals surface area contributed by atoms with Gasteiger partial charge >= 0.3 is 0 Å². The molecular weight excluding hydrogens is 560 g/mol. The van der Waals surface area contributed by atoms with Gasteiger partial charge in [-0.2, -0.15) is 0 Å². The Morgan fingerprint density at radius 2 is 1.78 bits per heavy atom. The van der Waals surface area contributed by atoms with Crippen LogP contribution in [0.4, 0.5) is 11.4 Å². The predicted octanol–water partition coefficient (Wildman–Crippen LogP) is 4.48. The zero-order valence-electron chi connectivity index (χ0n) is 24.0. The fraction of sp³-hybridized carbons (Fsp3) is 0.581. The Kier molecular flexibility index (Phi) is 10.6. The molecule has 4 aliphatic rings. The van der Waals surface area contributed by atoms with Crippen molar-refractivity contribution in [2.75, 3.05) is 35.0 Å². The Bertz CT molecular complexity index is 1250. The monoisotopic (exact) mass is 604 g/mol. The van der Waals surface area contributed by atoms with Crippen molar-refractivity contribution in [2.24, 2.45) is 5.92 Å². The van der Waals surface area contributed by atoms with Crippen molar-refractivity contribution in [1.82, 2.24) is 10.6 Å². The molecule has 1 heterocycles. The highest BCUT2D eigenvalue weighted by Crippen LogP contribution is 2.44. The van der Waals surface area contributed by atoms with Gasteiger partial charge in [-0.3, -0.25) is 9.10 Å². The molecule has 0 radical (unpaired) electrons. The number of anilines is 2. The lowest BCUT2D eigenvalue weighted by Crippen LogP contribution is -2.56. The molecule has 1 saturated heterocycles. The topological polar surface area (TPSA) is 111 Å². The fourth-order valence-corrected chi connectivity index (χ4v) is 8.28.